The third-order valence-corrected chi connectivity index (χ3v) is 3.22. The van der Waals surface area contributed by atoms with Gasteiger partial charge in [0.25, 0.3) is 0 Å². The van der Waals surface area contributed by atoms with Crippen LogP contribution >= 0.6 is 0 Å². The first-order valence-electron chi connectivity index (χ1n) is 6.58. The fourth-order valence-corrected chi connectivity index (χ4v) is 2.14. The summed E-state index contributed by atoms with van der Waals surface area (Å²) in [5, 5.41) is 2.71. The van der Waals surface area contributed by atoms with Crippen molar-refractivity contribution < 1.29 is 14.3 Å². The minimum Gasteiger partial charge on any atom is -0.495 e. The summed E-state index contributed by atoms with van der Waals surface area (Å²) in [4.78, 5) is 25.1. The number of carbonyl (C=O) groups excluding carboxylic acids is 2. The summed E-state index contributed by atoms with van der Waals surface area (Å²) < 4.78 is 5.28. The largest absolute Gasteiger partial charge is 0.495 e. The molecule has 1 unspecified atom stereocenters. The van der Waals surface area contributed by atoms with E-state index in [9.17, 15) is 9.59 Å². The fourth-order valence-electron chi connectivity index (χ4n) is 2.14. The highest BCUT2D eigenvalue weighted by Gasteiger charge is 2.25. The van der Waals surface area contributed by atoms with E-state index in [0.717, 1.165) is 6.42 Å². The zero-order valence-corrected chi connectivity index (χ0v) is 11.7. The Kier molecular flexibility index (Phi) is 4.24. The Labute approximate surface area is 117 Å². The number of hydrogen-bond donors (Lipinski definition) is 2. The Morgan fingerprint density at radius 1 is 1.50 bits per heavy atom. The van der Waals surface area contributed by atoms with Crippen LogP contribution in [0.1, 0.15) is 19.8 Å². The molecule has 1 aromatic rings. The molecule has 0 spiro atoms. The predicted octanol–water partition coefficient (Wildman–Crippen LogP) is 1.11. The number of methoxy groups -OCH3 is 1. The molecule has 108 valence electrons. The summed E-state index contributed by atoms with van der Waals surface area (Å²) in [6.45, 7) is 2.28. The molecule has 0 saturated carbocycles. The molecule has 1 saturated heterocycles. The Bertz CT molecular complexity index is 528. The maximum atomic E-state index is 11.8. The van der Waals surface area contributed by atoms with Crippen LogP contribution < -0.4 is 20.7 Å². The lowest BCUT2D eigenvalue weighted by Crippen LogP contribution is -2.32. The molecule has 2 rings (SSSR count). The molecule has 1 atom stereocenters. The number of hydrogen-bond acceptors (Lipinski definition) is 4. The summed E-state index contributed by atoms with van der Waals surface area (Å²) in [5.41, 5.74) is 6.80. The summed E-state index contributed by atoms with van der Waals surface area (Å²) in [6.07, 6.45) is 1.37. The molecular formula is C14H19N3O3. The van der Waals surface area contributed by atoms with E-state index in [1.807, 2.05) is 0 Å². The van der Waals surface area contributed by atoms with E-state index in [2.05, 4.69) is 5.32 Å². The fraction of sp³-hybridized carbons (Fsp3) is 0.429. The number of ether oxygens (including phenoxy) is 1. The van der Waals surface area contributed by atoms with Gasteiger partial charge in [-0.1, -0.05) is 0 Å². The van der Waals surface area contributed by atoms with Gasteiger partial charge >= 0.3 is 0 Å². The highest BCUT2D eigenvalue weighted by Crippen LogP contribution is 2.33. The molecule has 0 aliphatic carbocycles. The molecule has 1 fully saturated rings. The Morgan fingerprint density at radius 2 is 2.25 bits per heavy atom. The molecule has 20 heavy (non-hydrogen) atoms. The number of benzene rings is 1. The lowest BCUT2D eigenvalue weighted by Gasteiger charge is -2.20. The van der Waals surface area contributed by atoms with Gasteiger partial charge in [-0.05, 0) is 31.5 Å². The van der Waals surface area contributed by atoms with Gasteiger partial charge in [-0.15, -0.1) is 0 Å². The van der Waals surface area contributed by atoms with E-state index in [1.165, 1.54) is 0 Å². The van der Waals surface area contributed by atoms with Gasteiger partial charge in [0.05, 0.1) is 18.8 Å². The molecule has 6 heteroatoms. The normalized spacial score (nSPS) is 16.1. The SMILES string of the molecule is COc1ccc(NC(=O)C(C)N)cc1N1CCCC1=O. The maximum Gasteiger partial charge on any atom is 0.240 e. The smallest absolute Gasteiger partial charge is 0.240 e. The molecule has 6 nitrogen and oxygen atoms in total. The van der Waals surface area contributed by atoms with Crippen molar-refractivity contribution in [2.24, 2.45) is 5.73 Å². The molecule has 1 aliphatic heterocycles. The second-order valence-electron chi connectivity index (χ2n) is 4.81. The zero-order chi connectivity index (χ0) is 14.7. The topological polar surface area (TPSA) is 84.7 Å². The standard InChI is InChI=1S/C14H19N3O3/c1-9(15)14(19)16-10-5-6-12(20-2)11(8-10)17-7-3-4-13(17)18/h5-6,8-9H,3-4,7,15H2,1-2H3,(H,16,19). The number of nitrogens with zero attached hydrogens (tertiary/aromatic N) is 1. The van der Waals surface area contributed by atoms with Crippen LogP contribution in [-0.2, 0) is 9.59 Å². The van der Waals surface area contributed by atoms with Gasteiger partial charge in [0.1, 0.15) is 5.75 Å². The van der Waals surface area contributed by atoms with Gasteiger partial charge in [0.2, 0.25) is 11.8 Å². The summed E-state index contributed by atoms with van der Waals surface area (Å²) >= 11 is 0. The minimum atomic E-state index is -0.589. The van der Waals surface area contributed by atoms with Gasteiger partial charge in [-0.25, -0.2) is 0 Å². The van der Waals surface area contributed by atoms with Crippen LogP contribution in [0.5, 0.6) is 5.75 Å². The maximum absolute atomic E-state index is 11.8. The summed E-state index contributed by atoms with van der Waals surface area (Å²) in [6, 6.07) is 4.61. The third kappa shape index (κ3) is 2.91. The second-order valence-corrected chi connectivity index (χ2v) is 4.81. The van der Waals surface area contributed by atoms with E-state index in [0.29, 0.717) is 30.1 Å². The van der Waals surface area contributed by atoms with Gasteiger partial charge in [-0.2, -0.15) is 0 Å². The Balaban J connectivity index is 2.29. The van der Waals surface area contributed by atoms with E-state index in [4.69, 9.17) is 10.5 Å². The predicted molar refractivity (Wildman–Crippen MR) is 76.9 cm³/mol. The van der Waals surface area contributed by atoms with Crippen LogP contribution in [0.25, 0.3) is 0 Å². The van der Waals surface area contributed by atoms with Crippen LogP contribution in [0.3, 0.4) is 0 Å². The lowest BCUT2D eigenvalue weighted by molar-refractivity contribution is -0.117. The van der Waals surface area contributed by atoms with Gasteiger partial charge in [-0.3, -0.25) is 9.59 Å². The van der Waals surface area contributed by atoms with Crippen molar-refractivity contribution in [3.8, 4) is 5.75 Å². The van der Waals surface area contributed by atoms with E-state index >= 15 is 0 Å². The number of anilines is 2. The first-order valence-corrected chi connectivity index (χ1v) is 6.58. The molecule has 1 heterocycles. The molecule has 2 amide bonds. The van der Waals surface area contributed by atoms with Crippen LogP contribution in [-0.4, -0.2) is 31.5 Å². The summed E-state index contributed by atoms with van der Waals surface area (Å²) in [7, 11) is 1.56. The number of rotatable bonds is 4. The molecule has 0 bridgehead atoms. The van der Waals surface area contributed by atoms with Gasteiger partial charge in [0, 0.05) is 18.7 Å². The van der Waals surface area contributed by atoms with Crippen molar-refractivity contribution in [2.75, 3.05) is 23.9 Å². The lowest BCUT2D eigenvalue weighted by atomic mass is 10.2. The Morgan fingerprint density at radius 3 is 2.80 bits per heavy atom. The number of carbonyl (C=O) groups is 2. The van der Waals surface area contributed by atoms with Crippen molar-refractivity contribution >= 4 is 23.2 Å². The average molecular weight is 277 g/mol. The van der Waals surface area contributed by atoms with E-state index < -0.39 is 6.04 Å². The van der Waals surface area contributed by atoms with Gasteiger partial charge in [0.15, 0.2) is 0 Å². The van der Waals surface area contributed by atoms with Crippen molar-refractivity contribution in [1.29, 1.82) is 0 Å². The number of nitrogens with one attached hydrogen (secondary N) is 1. The molecule has 1 aliphatic rings. The zero-order valence-electron chi connectivity index (χ0n) is 11.7. The second kappa shape index (κ2) is 5.92. The van der Waals surface area contributed by atoms with Crippen LogP contribution in [0.4, 0.5) is 11.4 Å². The van der Waals surface area contributed by atoms with E-state index in [-0.39, 0.29) is 11.8 Å². The number of amides is 2. The van der Waals surface area contributed by atoms with Crippen LogP contribution in [0, 0.1) is 0 Å². The molecular weight excluding hydrogens is 258 g/mol. The molecule has 0 radical (unpaired) electrons. The van der Waals surface area contributed by atoms with E-state index in [1.54, 1.807) is 37.1 Å². The highest BCUT2D eigenvalue weighted by atomic mass is 16.5. The first kappa shape index (κ1) is 14.3. The first-order chi connectivity index (χ1) is 9.52. The molecule has 3 N–H and O–H groups in total. The van der Waals surface area contributed by atoms with Crippen molar-refractivity contribution in [3.05, 3.63) is 18.2 Å². The highest BCUT2D eigenvalue weighted by molar-refractivity contribution is 5.99. The average Bonchev–Trinajstić information content (AvgIpc) is 2.84. The molecule has 1 aromatic carbocycles. The Hall–Kier alpha value is -2.08. The number of nitrogens with two attached hydrogens (primary N) is 1. The van der Waals surface area contributed by atoms with Crippen LogP contribution in [0.15, 0.2) is 18.2 Å². The van der Waals surface area contributed by atoms with Gasteiger partial charge < -0.3 is 20.7 Å². The van der Waals surface area contributed by atoms with Crippen molar-refractivity contribution in [3.63, 3.8) is 0 Å². The van der Waals surface area contributed by atoms with Crippen molar-refractivity contribution in [1.82, 2.24) is 0 Å². The summed E-state index contributed by atoms with van der Waals surface area (Å²) in [5.74, 6) is 0.409. The van der Waals surface area contributed by atoms with Crippen LogP contribution in [0.2, 0.25) is 0 Å². The quantitative estimate of drug-likeness (QED) is 0.863. The van der Waals surface area contributed by atoms with Crippen molar-refractivity contribution in [2.45, 2.75) is 25.8 Å². The monoisotopic (exact) mass is 277 g/mol. The molecule has 0 aromatic heterocycles. The third-order valence-electron chi connectivity index (χ3n) is 3.22. The minimum absolute atomic E-state index is 0.0685.